The Bertz CT molecular complexity index is 517. The SMILES string of the molecule is C=CCc1ccccc1C(COC(N)=O)C(=C)/C=C\C. The largest absolute Gasteiger partial charge is 0.449 e. The van der Waals surface area contributed by atoms with Gasteiger partial charge in [-0.1, -0.05) is 49.1 Å². The molecule has 0 saturated heterocycles. The minimum absolute atomic E-state index is 0.102. The van der Waals surface area contributed by atoms with Crippen molar-refractivity contribution in [1.82, 2.24) is 0 Å². The molecule has 0 saturated carbocycles. The second-order valence-electron chi connectivity index (χ2n) is 4.45. The molecular formula is C17H21NO2. The molecule has 1 amide bonds. The van der Waals surface area contributed by atoms with Crippen LogP contribution in [0.5, 0.6) is 0 Å². The highest BCUT2D eigenvalue weighted by molar-refractivity contribution is 5.64. The summed E-state index contributed by atoms with van der Waals surface area (Å²) in [7, 11) is 0. The van der Waals surface area contributed by atoms with Crippen LogP contribution in [0.25, 0.3) is 0 Å². The fraction of sp³-hybridized carbons (Fsp3) is 0.235. The molecule has 3 nitrogen and oxygen atoms in total. The van der Waals surface area contributed by atoms with Gasteiger partial charge in [0, 0.05) is 5.92 Å². The summed E-state index contributed by atoms with van der Waals surface area (Å²) in [6.07, 6.45) is 5.66. The average Bonchev–Trinajstić information content (AvgIpc) is 2.41. The number of carbonyl (C=O) groups excluding carboxylic acids is 1. The molecule has 0 radical (unpaired) electrons. The second kappa shape index (κ2) is 8.00. The summed E-state index contributed by atoms with van der Waals surface area (Å²) in [6.45, 7) is 9.94. The number of hydrogen-bond donors (Lipinski definition) is 1. The van der Waals surface area contributed by atoms with E-state index < -0.39 is 6.09 Å². The van der Waals surface area contributed by atoms with Crippen LogP contribution in [0.1, 0.15) is 24.0 Å². The molecule has 0 aromatic heterocycles. The third-order valence-electron chi connectivity index (χ3n) is 3.02. The molecule has 0 heterocycles. The Hall–Kier alpha value is -2.29. The first-order valence-corrected chi connectivity index (χ1v) is 6.52. The van der Waals surface area contributed by atoms with Crippen LogP contribution in [0.4, 0.5) is 4.79 Å². The Morgan fingerprint density at radius 1 is 1.45 bits per heavy atom. The number of nitrogens with two attached hydrogens (primary N) is 1. The molecule has 3 heteroatoms. The molecule has 1 unspecified atom stereocenters. The molecule has 1 aromatic carbocycles. The van der Waals surface area contributed by atoms with E-state index >= 15 is 0 Å². The topological polar surface area (TPSA) is 52.3 Å². The number of amides is 1. The number of ether oxygens (including phenoxy) is 1. The van der Waals surface area contributed by atoms with E-state index in [2.05, 4.69) is 13.2 Å². The first-order valence-electron chi connectivity index (χ1n) is 6.52. The van der Waals surface area contributed by atoms with Gasteiger partial charge in [-0.05, 0) is 30.0 Å². The van der Waals surface area contributed by atoms with E-state index in [0.29, 0.717) is 0 Å². The van der Waals surface area contributed by atoms with Crippen LogP contribution >= 0.6 is 0 Å². The molecule has 0 aliphatic carbocycles. The summed E-state index contributed by atoms with van der Waals surface area (Å²) >= 11 is 0. The van der Waals surface area contributed by atoms with Crippen molar-refractivity contribution in [1.29, 1.82) is 0 Å². The number of hydrogen-bond acceptors (Lipinski definition) is 2. The molecule has 1 atom stereocenters. The molecule has 106 valence electrons. The van der Waals surface area contributed by atoms with Gasteiger partial charge in [-0.25, -0.2) is 4.79 Å². The monoisotopic (exact) mass is 271 g/mol. The van der Waals surface area contributed by atoms with E-state index in [1.54, 1.807) is 0 Å². The molecule has 1 aromatic rings. The van der Waals surface area contributed by atoms with E-state index in [1.165, 1.54) is 0 Å². The van der Waals surface area contributed by atoms with E-state index in [0.717, 1.165) is 23.1 Å². The summed E-state index contributed by atoms with van der Waals surface area (Å²) in [5.74, 6) is -0.102. The summed E-state index contributed by atoms with van der Waals surface area (Å²) in [6, 6.07) is 7.99. The number of rotatable bonds is 7. The van der Waals surface area contributed by atoms with Gasteiger partial charge in [0.1, 0.15) is 6.61 Å². The van der Waals surface area contributed by atoms with Crippen molar-refractivity contribution >= 4 is 6.09 Å². The van der Waals surface area contributed by atoms with E-state index in [9.17, 15) is 4.79 Å². The van der Waals surface area contributed by atoms with E-state index in [-0.39, 0.29) is 12.5 Å². The highest BCUT2D eigenvalue weighted by atomic mass is 16.5. The smallest absolute Gasteiger partial charge is 0.404 e. The minimum Gasteiger partial charge on any atom is -0.449 e. The summed E-state index contributed by atoms with van der Waals surface area (Å²) in [5, 5.41) is 0. The van der Waals surface area contributed by atoms with Gasteiger partial charge < -0.3 is 10.5 Å². The Morgan fingerprint density at radius 2 is 2.15 bits per heavy atom. The normalized spacial score (nSPS) is 12.1. The molecule has 0 spiro atoms. The lowest BCUT2D eigenvalue weighted by Crippen LogP contribution is -2.19. The van der Waals surface area contributed by atoms with Crippen molar-refractivity contribution in [2.45, 2.75) is 19.3 Å². The Kier molecular flexibility index (Phi) is 6.30. The lowest BCUT2D eigenvalue weighted by Gasteiger charge is -2.20. The molecule has 0 aliphatic heterocycles. The predicted octanol–water partition coefficient (Wildman–Crippen LogP) is 3.73. The zero-order valence-corrected chi connectivity index (χ0v) is 11.8. The fourth-order valence-electron chi connectivity index (χ4n) is 2.11. The second-order valence-corrected chi connectivity index (χ2v) is 4.45. The van der Waals surface area contributed by atoms with Gasteiger partial charge in [-0.3, -0.25) is 0 Å². The lowest BCUT2D eigenvalue weighted by molar-refractivity contribution is 0.153. The number of benzene rings is 1. The van der Waals surface area contributed by atoms with E-state index in [1.807, 2.05) is 49.4 Å². The van der Waals surface area contributed by atoms with Crippen molar-refractivity contribution in [3.05, 3.63) is 72.4 Å². The van der Waals surface area contributed by atoms with Crippen LogP contribution in [0.3, 0.4) is 0 Å². The maximum absolute atomic E-state index is 10.9. The minimum atomic E-state index is -0.774. The van der Waals surface area contributed by atoms with E-state index in [4.69, 9.17) is 10.5 Å². The van der Waals surface area contributed by atoms with Crippen LogP contribution in [-0.2, 0) is 11.2 Å². The van der Waals surface area contributed by atoms with Gasteiger partial charge in [-0.2, -0.15) is 0 Å². The first-order chi connectivity index (χ1) is 9.60. The summed E-state index contributed by atoms with van der Waals surface area (Å²) < 4.78 is 4.98. The highest BCUT2D eigenvalue weighted by Gasteiger charge is 2.18. The predicted molar refractivity (Wildman–Crippen MR) is 82.6 cm³/mol. The van der Waals surface area contributed by atoms with Crippen molar-refractivity contribution in [2.75, 3.05) is 6.61 Å². The van der Waals surface area contributed by atoms with Crippen LogP contribution in [-0.4, -0.2) is 12.7 Å². The molecule has 0 aliphatic rings. The van der Waals surface area contributed by atoms with Crippen LogP contribution in [0.15, 0.2) is 61.2 Å². The first kappa shape index (κ1) is 15.8. The van der Waals surface area contributed by atoms with Gasteiger partial charge >= 0.3 is 6.09 Å². The third-order valence-corrected chi connectivity index (χ3v) is 3.02. The van der Waals surface area contributed by atoms with Gasteiger partial charge in [-0.15, -0.1) is 6.58 Å². The van der Waals surface area contributed by atoms with Crippen molar-refractivity contribution in [2.24, 2.45) is 5.73 Å². The Labute approximate surface area is 120 Å². The van der Waals surface area contributed by atoms with Crippen molar-refractivity contribution in [3.8, 4) is 0 Å². The molecule has 1 rings (SSSR count). The molecule has 0 bridgehead atoms. The van der Waals surface area contributed by atoms with Crippen LogP contribution in [0, 0.1) is 0 Å². The highest BCUT2D eigenvalue weighted by Crippen LogP contribution is 2.28. The van der Waals surface area contributed by atoms with Gasteiger partial charge in [0.25, 0.3) is 0 Å². The average molecular weight is 271 g/mol. The fourth-order valence-corrected chi connectivity index (χ4v) is 2.11. The molecular weight excluding hydrogens is 250 g/mol. The van der Waals surface area contributed by atoms with Crippen molar-refractivity contribution in [3.63, 3.8) is 0 Å². The molecule has 0 fully saturated rings. The summed E-state index contributed by atoms with van der Waals surface area (Å²) in [4.78, 5) is 10.9. The quantitative estimate of drug-likeness (QED) is 0.607. The van der Waals surface area contributed by atoms with Gasteiger partial charge in [0.05, 0.1) is 0 Å². The molecule has 20 heavy (non-hydrogen) atoms. The van der Waals surface area contributed by atoms with Crippen LogP contribution < -0.4 is 5.73 Å². The maximum Gasteiger partial charge on any atom is 0.404 e. The van der Waals surface area contributed by atoms with Crippen molar-refractivity contribution < 1.29 is 9.53 Å². The Balaban J connectivity index is 3.11. The zero-order valence-electron chi connectivity index (χ0n) is 11.8. The molecule has 2 N–H and O–H groups in total. The lowest BCUT2D eigenvalue weighted by atomic mass is 9.88. The standard InChI is InChI=1S/C17H21NO2/c1-4-8-13(3)16(12-20-17(18)19)15-11-7-6-10-14(15)9-5-2/h4-8,10-11,16H,2-3,9,12H2,1H3,(H2,18,19)/b8-4-. The third kappa shape index (κ3) is 4.43. The number of primary amides is 1. The van der Waals surface area contributed by atoms with Gasteiger partial charge in [0.15, 0.2) is 0 Å². The number of allylic oxidation sites excluding steroid dienone is 3. The maximum atomic E-state index is 10.9. The number of carbonyl (C=O) groups is 1. The summed E-state index contributed by atoms with van der Waals surface area (Å²) in [5.41, 5.74) is 8.17. The van der Waals surface area contributed by atoms with Crippen LogP contribution in [0.2, 0.25) is 0 Å². The van der Waals surface area contributed by atoms with Gasteiger partial charge in [0.2, 0.25) is 0 Å². The Morgan fingerprint density at radius 3 is 2.75 bits per heavy atom. The zero-order chi connectivity index (χ0) is 15.0.